The Labute approximate surface area is 166 Å². The predicted octanol–water partition coefficient (Wildman–Crippen LogP) is 1.26. The fourth-order valence-corrected chi connectivity index (χ4v) is 2.97. The van der Waals surface area contributed by atoms with Crippen LogP contribution < -0.4 is 15.5 Å². The molecule has 2 N–H and O–H groups in total. The Bertz CT molecular complexity index is 753. The lowest BCUT2D eigenvalue weighted by molar-refractivity contribution is 0.0945. The number of nitrogens with zero attached hydrogens (tertiary/aromatic N) is 5. The molecule has 0 radical (unpaired) electrons. The van der Waals surface area contributed by atoms with Gasteiger partial charge in [-0.25, -0.2) is 0 Å². The highest BCUT2D eigenvalue weighted by Crippen LogP contribution is 2.21. The third kappa shape index (κ3) is 5.64. The summed E-state index contributed by atoms with van der Waals surface area (Å²) in [7, 11) is 6.08. The Balaban J connectivity index is 1.53. The lowest BCUT2D eigenvalue weighted by atomic mass is 10.2. The highest BCUT2D eigenvalue weighted by atomic mass is 16.1. The summed E-state index contributed by atoms with van der Waals surface area (Å²) < 4.78 is 0. The molecule has 0 bridgehead atoms. The first-order valence-corrected chi connectivity index (χ1v) is 9.58. The van der Waals surface area contributed by atoms with E-state index in [1.54, 1.807) is 12.1 Å². The average molecular weight is 384 g/mol. The predicted molar refractivity (Wildman–Crippen MR) is 112 cm³/mol. The average Bonchev–Trinajstić information content (AvgIpc) is 2.69. The van der Waals surface area contributed by atoms with Crippen LogP contribution in [0, 0.1) is 0 Å². The van der Waals surface area contributed by atoms with Gasteiger partial charge in [0.15, 0.2) is 11.5 Å². The SMILES string of the molecule is CN(C)CCNC(=O)c1ccc(Nc2ccc(N3CCN(C)CC3)cc2)nn1. The van der Waals surface area contributed by atoms with Gasteiger partial charge in [-0.1, -0.05) is 0 Å². The van der Waals surface area contributed by atoms with Crippen molar-refractivity contribution in [3.05, 3.63) is 42.1 Å². The second kappa shape index (κ2) is 9.48. The van der Waals surface area contributed by atoms with Gasteiger partial charge in [0.1, 0.15) is 0 Å². The van der Waals surface area contributed by atoms with Gasteiger partial charge in [-0.2, -0.15) is 0 Å². The van der Waals surface area contributed by atoms with Crippen LogP contribution in [0.2, 0.25) is 0 Å². The largest absolute Gasteiger partial charge is 0.369 e. The van der Waals surface area contributed by atoms with Crippen LogP contribution in [0.1, 0.15) is 10.5 Å². The molecule has 1 amide bonds. The standard InChI is InChI=1S/C20H29N7O/c1-25(2)11-10-21-20(28)18-8-9-19(24-23-18)22-16-4-6-17(7-5-16)27-14-12-26(3)13-15-27/h4-9H,10-15H2,1-3H3,(H,21,28)(H,22,24). The smallest absolute Gasteiger partial charge is 0.271 e. The zero-order chi connectivity index (χ0) is 19.9. The minimum atomic E-state index is -0.211. The highest BCUT2D eigenvalue weighted by molar-refractivity contribution is 5.92. The number of nitrogens with one attached hydrogen (secondary N) is 2. The van der Waals surface area contributed by atoms with Gasteiger partial charge in [-0.15, -0.1) is 10.2 Å². The first-order valence-electron chi connectivity index (χ1n) is 9.58. The van der Waals surface area contributed by atoms with Crippen molar-refractivity contribution in [1.29, 1.82) is 0 Å². The zero-order valence-corrected chi connectivity index (χ0v) is 16.9. The molecule has 1 fully saturated rings. The van der Waals surface area contributed by atoms with Crippen molar-refractivity contribution in [2.45, 2.75) is 0 Å². The van der Waals surface area contributed by atoms with Gasteiger partial charge < -0.3 is 25.3 Å². The van der Waals surface area contributed by atoms with E-state index < -0.39 is 0 Å². The molecule has 2 aromatic rings. The Hall–Kier alpha value is -2.71. The van der Waals surface area contributed by atoms with Crippen LogP contribution in [0.3, 0.4) is 0 Å². The summed E-state index contributed by atoms with van der Waals surface area (Å²) in [5.74, 6) is 0.398. The van der Waals surface area contributed by atoms with E-state index in [0.29, 0.717) is 18.1 Å². The number of carbonyl (C=O) groups excluding carboxylic acids is 1. The molecule has 0 atom stereocenters. The summed E-state index contributed by atoms with van der Waals surface area (Å²) in [6.45, 7) is 5.63. The number of rotatable bonds is 7. The van der Waals surface area contributed by atoms with Crippen LogP contribution in [0.25, 0.3) is 0 Å². The Morgan fingerprint density at radius 2 is 1.75 bits per heavy atom. The van der Waals surface area contributed by atoms with E-state index in [4.69, 9.17) is 0 Å². The summed E-state index contributed by atoms with van der Waals surface area (Å²) in [5, 5.41) is 14.2. The van der Waals surface area contributed by atoms with Crippen molar-refractivity contribution in [2.75, 3.05) is 70.6 Å². The maximum Gasteiger partial charge on any atom is 0.271 e. The van der Waals surface area contributed by atoms with E-state index in [0.717, 1.165) is 38.4 Å². The summed E-state index contributed by atoms with van der Waals surface area (Å²) in [6, 6.07) is 11.8. The number of likely N-dealkylation sites (N-methyl/N-ethyl adjacent to an activating group) is 2. The molecule has 0 aliphatic carbocycles. The van der Waals surface area contributed by atoms with Gasteiger partial charge >= 0.3 is 0 Å². The first-order chi connectivity index (χ1) is 13.5. The number of piperazine rings is 1. The van der Waals surface area contributed by atoms with Crippen LogP contribution in [0.5, 0.6) is 0 Å². The molecule has 1 aliphatic rings. The van der Waals surface area contributed by atoms with E-state index in [2.05, 4.69) is 49.8 Å². The number of amides is 1. The fraction of sp³-hybridized carbons (Fsp3) is 0.450. The molecule has 1 aromatic heterocycles. The van der Waals surface area contributed by atoms with E-state index in [-0.39, 0.29) is 5.91 Å². The van der Waals surface area contributed by atoms with Gasteiger partial charge in [0.05, 0.1) is 0 Å². The van der Waals surface area contributed by atoms with Crippen molar-refractivity contribution in [3.63, 3.8) is 0 Å². The van der Waals surface area contributed by atoms with Gasteiger partial charge in [0, 0.05) is 50.6 Å². The normalized spacial score (nSPS) is 14.9. The molecule has 3 rings (SSSR count). The quantitative estimate of drug-likeness (QED) is 0.745. The molecule has 28 heavy (non-hydrogen) atoms. The summed E-state index contributed by atoms with van der Waals surface area (Å²) >= 11 is 0. The third-order valence-electron chi connectivity index (χ3n) is 4.75. The number of benzene rings is 1. The van der Waals surface area contributed by atoms with Crippen LogP contribution in [0.15, 0.2) is 36.4 Å². The summed E-state index contributed by atoms with van der Waals surface area (Å²) in [4.78, 5) is 18.8. The van der Waals surface area contributed by atoms with E-state index >= 15 is 0 Å². The van der Waals surface area contributed by atoms with Crippen LogP contribution in [0.4, 0.5) is 17.2 Å². The number of aromatic nitrogens is 2. The minimum Gasteiger partial charge on any atom is -0.369 e. The molecular weight excluding hydrogens is 354 g/mol. The molecule has 150 valence electrons. The minimum absolute atomic E-state index is 0.211. The van der Waals surface area contributed by atoms with Gasteiger partial charge in [-0.05, 0) is 57.5 Å². The van der Waals surface area contributed by atoms with E-state index in [1.165, 1.54) is 5.69 Å². The molecule has 0 unspecified atom stereocenters. The van der Waals surface area contributed by atoms with Gasteiger partial charge in [0.2, 0.25) is 0 Å². The molecule has 1 aliphatic heterocycles. The lowest BCUT2D eigenvalue weighted by Gasteiger charge is -2.34. The third-order valence-corrected chi connectivity index (χ3v) is 4.75. The Morgan fingerprint density at radius 1 is 1.04 bits per heavy atom. The van der Waals surface area contributed by atoms with Crippen molar-refractivity contribution < 1.29 is 4.79 Å². The summed E-state index contributed by atoms with van der Waals surface area (Å²) in [6.07, 6.45) is 0. The van der Waals surface area contributed by atoms with E-state index in [1.807, 2.05) is 31.1 Å². The first kappa shape index (κ1) is 20.0. The Kier molecular flexibility index (Phi) is 6.78. The molecule has 1 saturated heterocycles. The second-order valence-corrected chi connectivity index (χ2v) is 7.33. The van der Waals surface area contributed by atoms with Crippen LogP contribution in [-0.4, -0.2) is 86.3 Å². The van der Waals surface area contributed by atoms with Crippen molar-refractivity contribution >= 4 is 23.1 Å². The van der Waals surface area contributed by atoms with Crippen molar-refractivity contribution in [1.82, 2.24) is 25.3 Å². The topological polar surface area (TPSA) is 76.6 Å². The maximum absolute atomic E-state index is 12.0. The fourth-order valence-electron chi connectivity index (χ4n) is 2.97. The molecule has 2 heterocycles. The molecule has 8 heteroatoms. The van der Waals surface area contributed by atoms with Crippen molar-refractivity contribution in [3.8, 4) is 0 Å². The van der Waals surface area contributed by atoms with Gasteiger partial charge in [0.25, 0.3) is 5.91 Å². The van der Waals surface area contributed by atoms with Crippen molar-refractivity contribution in [2.24, 2.45) is 0 Å². The molecule has 1 aromatic carbocycles. The van der Waals surface area contributed by atoms with Crippen LogP contribution in [-0.2, 0) is 0 Å². The second-order valence-electron chi connectivity index (χ2n) is 7.33. The number of anilines is 3. The highest BCUT2D eigenvalue weighted by Gasteiger charge is 2.14. The van der Waals surface area contributed by atoms with Crippen LogP contribution >= 0.6 is 0 Å². The number of carbonyl (C=O) groups is 1. The lowest BCUT2D eigenvalue weighted by Crippen LogP contribution is -2.44. The molecule has 0 spiro atoms. The number of hydrogen-bond acceptors (Lipinski definition) is 7. The zero-order valence-electron chi connectivity index (χ0n) is 16.9. The molecular formula is C20H29N7O. The van der Waals surface area contributed by atoms with E-state index in [9.17, 15) is 4.79 Å². The molecule has 8 nitrogen and oxygen atoms in total. The maximum atomic E-state index is 12.0. The van der Waals surface area contributed by atoms with Gasteiger partial charge in [-0.3, -0.25) is 4.79 Å². The monoisotopic (exact) mass is 383 g/mol. The number of hydrogen-bond donors (Lipinski definition) is 2. The Morgan fingerprint density at radius 3 is 2.36 bits per heavy atom. The molecule has 0 saturated carbocycles. The summed E-state index contributed by atoms with van der Waals surface area (Å²) in [5.41, 5.74) is 2.49.